The fourth-order valence-electron chi connectivity index (χ4n) is 1.93. The first kappa shape index (κ1) is 11.4. The van der Waals surface area contributed by atoms with Gasteiger partial charge in [0.1, 0.15) is 4.99 Å². The molecule has 0 aromatic heterocycles. The van der Waals surface area contributed by atoms with Gasteiger partial charge in [-0.3, -0.25) is 0 Å². The lowest BCUT2D eigenvalue weighted by atomic mass is 10.1. The summed E-state index contributed by atoms with van der Waals surface area (Å²) in [4.78, 5) is 2.62. The van der Waals surface area contributed by atoms with Gasteiger partial charge < -0.3 is 15.7 Å². The van der Waals surface area contributed by atoms with Gasteiger partial charge in [0.05, 0.1) is 6.61 Å². The van der Waals surface area contributed by atoms with Gasteiger partial charge in [-0.1, -0.05) is 24.4 Å². The lowest BCUT2D eigenvalue weighted by molar-refractivity contribution is 0.301. The van der Waals surface area contributed by atoms with E-state index in [0.717, 1.165) is 11.3 Å². The molecule has 2 rings (SSSR count). The maximum Gasteiger partial charge on any atom is 0.106 e. The van der Waals surface area contributed by atoms with Crippen LogP contribution in [0.2, 0.25) is 0 Å². The normalized spacial score (nSPS) is 14.8. The van der Waals surface area contributed by atoms with Crippen molar-refractivity contribution in [2.75, 3.05) is 18.1 Å². The van der Waals surface area contributed by atoms with Crippen LogP contribution in [0.1, 0.15) is 18.4 Å². The number of rotatable bonds is 5. The standard InChI is InChI=1S/C12H16N2OS/c13-12(16)10-3-1-2-4-11(10)14(7-8-15)9-5-6-9/h1-4,9,15H,5-8H2,(H2,13,16). The number of anilines is 1. The minimum atomic E-state index is 0.155. The zero-order valence-corrected chi connectivity index (χ0v) is 9.91. The van der Waals surface area contributed by atoms with E-state index >= 15 is 0 Å². The van der Waals surface area contributed by atoms with Crippen LogP contribution in [-0.4, -0.2) is 29.3 Å². The van der Waals surface area contributed by atoms with E-state index in [9.17, 15) is 0 Å². The Labute approximate surface area is 101 Å². The summed E-state index contributed by atoms with van der Waals surface area (Å²) < 4.78 is 0. The van der Waals surface area contributed by atoms with Gasteiger partial charge in [-0.25, -0.2) is 0 Å². The maximum absolute atomic E-state index is 9.10. The number of nitrogens with two attached hydrogens (primary N) is 1. The Morgan fingerprint density at radius 2 is 2.12 bits per heavy atom. The molecule has 0 heterocycles. The monoisotopic (exact) mass is 236 g/mol. The molecule has 1 saturated carbocycles. The molecule has 0 amide bonds. The maximum atomic E-state index is 9.10. The molecule has 1 aliphatic rings. The SMILES string of the molecule is NC(=S)c1ccccc1N(CCO)C1CC1. The molecule has 0 bridgehead atoms. The number of aliphatic hydroxyl groups is 1. The second-order valence-corrected chi connectivity index (χ2v) is 4.47. The highest BCUT2D eigenvalue weighted by Gasteiger charge is 2.30. The van der Waals surface area contributed by atoms with E-state index in [-0.39, 0.29) is 6.61 Å². The van der Waals surface area contributed by atoms with Crippen molar-refractivity contribution < 1.29 is 5.11 Å². The number of benzene rings is 1. The van der Waals surface area contributed by atoms with Crippen LogP contribution in [-0.2, 0) is 0 Å². The van der Waals surface area contributed by atoms with E-state index in [1.807, 2.05) is 24.3 Å². The summed E-state index contributed by atoms with van der Waals surface area (Å²) in [5.41, 5.74) is 7.66. The van der Waals surface area contributed by atoms with Gasteiger partial charge in [-0.15, -0.1) is 0 Å². The Hall–Kier alpha value is -1.13. The lowest BCUT2D eigenvalue weighted by Crippen LogP contribution is -2.31. The molecular weight excluding hydrogens is 220 g/mol. The van der Waals surface area contributed by atoms with Crippen LogP contribution in [0.25, 0.3) is 0 Å². The topological polar surface area (TPSA) is 49.5 Å². The molecular formula is C12H16N2OS. The van der Waals surface area contributed by atoms with Crippen molar-refractivity contribution in [3.63, 3.8) is 0 Å². The molecule has 16 heavy (non-hydrogen) atoms. The molecule has 86 valence electrons. The van der Waals surface area contributed by atoms with Crippen molar-refractivity contribution in [1.29, 1.82) is 0 Å². The van der Waals surface area contributed by atoms with Crippen LogP contribution >= 0.6 is 12.2 Å². The Morgan fingerprint density at radius 1 is 1.44 bits per heavy atom. The van der Waals surface area contributed by atoms with Crippen LogP contribution < -0.4 is 10.6 Å². The average Bonchev–Trinajstić information content (AvgIpc) is 3.10. The van der Waals surface area contributed by atoms with Crippen LogP contribution in [0.5, 0.6) is 0 Å². The number of thiocarbonyl (C=S) groups is 1. The molecule has 0 aliphatic heterocycles. The molecule has 3 nitrogen and oxygen atoms in total. The van der Waals surface area contributed by atoms with Gasteiger partial charge in [0, 0.05) is 23.8 Å². The third kappa shape index (κ3) is 2.33. The highest BCUT2D eigenvalue weighted by atomic mass is 32.1. The second-order valence-electron chi connectivity index (χ2n) is 4.03. The Kier molecular flexibility index (Phi) is 3.41. The predicted molar refractivity (Wildman–Crippen MR) is 69.8 cm³/mol. The van der Waals surface area contributed by atoms with E-state index in [0.29, 0.717) is 17.6 Å². The molecule has 4 heteroatoms. The predicted octanol–water partition coefficient (Wildman–Crippen LogP) is 1.28. The highest BCUT2D eigenvalue weighted by Crippen LogP contribution is 2.33. The van der Waals surface area contributed by atoms with Crippen LogP contribution in [0.4, 0.5) is 5.69 Å². The molecule has 1 aromatic rings. The van der Waals surface area contributed by atoms with Gasteiger partial charge >= 0.3 is 0 Å². The van der Waals surface area contributed by atoms with Gasteiger partial charge in [-0.2, -0.15) is 0 Å². The van der Waals surface area contributed by atoms with E-state index in [2.05, 4.69) is 4.90 Å². The Morgan fingerprint density at radius 3 is 2.69 bits per heavy atom. The van der Waals surface area contributed by atoms with Gasteiger partial charge in [0.2, 0.25) is 0 Å². The summed E-state index contributed by atoms with van der Waals surface area (Å²) in [6, 6.07) is 8.40. The van der Waals surface area contributed by atoms with E-state index in [1.54, 1.807) is 0 Å². The van der Waals surface area contributed by atoms with Crippen molar-refractivity contribution in [1.82, 2.24) is 0 Å². The van der Waals surface area contributed by atoms with E-state index in [1.165, 1.54) is 12.8 Å². The summed E-state index contributed by atoms with van der Waals surface area (Å²) in [7, 11) is 0. The van der Waals surface area contributed by atoms with Crippen molar-refractivity contribution in [2.45, 2.75) is 18.9 Å². The number of hydrogen-bond acceptors (Lipinski definition) is 3. The third-order valence-electron chi connectivity index (χ3n) is 2.81. The quantitative estimate of drug-likeness (QED) is 0.756. The summed E-state index contributed by atoms with van der Waals surface area (Å²) in [5, 5.41) is 9.10. The number of aliphatic hydroxyl groups excluding tert-OH is 1. The van der Waals surface area contributed by atoms with Crippen molar-refractivity contribution in [2.24, 2.45) is 5.73 Å². The van der Waals surface area contributed by atoms with Crippen molar-refractivity contribution >= 4 is 22.9 Å². The van der Waals surface area contributed by atoms with Crippen LogP contribution in [0.3, 0.4) is 0 Å². The minimum Gasteiger partial charge on any atom is -0.395 e. The Balaban J connectivity index is 2.32. The summed E-state index contributed by atoms with van der Waals surface area (Å²) in [5.74, 6) is 0. The molecule has 0 spiro atoms. The summed E-state index contributed by atoms with van der Waals surface area (Å²) in [6.07, 6.45) is 2.37. The molecule has 1 aliphatic carbocycles. The van der Waals surface area contributed by atoms with Crippen LogP contribution in [0.15, 0.2) is 24.3 Å². The average molecular weight is 236 g/mol. The number of para-hydroxylation sites is 1. The van der Waals surface area contributed by atoms with Crippen molar-refractivity contribution in [3.8, 4) is 0 Å². The van der Waals surface area contributed by atoms with Crippen molar-refractivity contribution in [3.05, 3.63) is 29.8 Å². The lowest BCUT2D eigenvalue weighted by Gasteiger charge is -2.26. The van der Waals surface area contributed by atoms with Gasteiger partial charge in [-0.05, 0) is 25.0 Å². The molecule has 3 N–H and O–H groups in total. The molecule has 0 unspecified atom stereocenters. The number of nitrogens with zero attached hydrogens (tertiary/aromatic N) is 1. The largest absolute Gasteiger partial charge is 0.395 e. The molecule has 1 aromatic carbocycles. The minimum absolute atomic E-state index is 0.155. The summed E-state index contributed by atoms with van der Waals surface area (Å²) in [6.45, 7) is 0.798. The van der Waals surface area contributed by atoms with Gasteiger partial charge in [0.25, 0.3) is 0 Å². The fourth-order valence-corrected chi connectivity index (χ4v) is 2.10. The first-order valence-electron chi connectivity index (χ1n) is 5.50. The number of hydrogen-bond donors (Lipinski definition) is 2. The first-order chi connectivity index (χ1) is 7.74. The zero-order chi connectivity index (χ0) is 11.5. The van der Waals surface area contributed by atoms with E-state index < -0.39 is 0 Å². The van der Waals surface area contributed by atoms with Crippen LogP contribution in [0, 0.1) is 0 Å². The fraction of sp³-hybridized carbons (Fsp3) is 0.417. The smallest absolute Gasteiger partial charge is 0.106 e. The zero-order valence-electron chi connectivity index (χ0n) is 9.10. The first-order valence-corrected chi connectivity index (χ1v) is 5.91. The second kappa shape index (κ2) is 4.80. The molecule has 0 saturated heterocycles. The Bertz CT molecular complexity index is 390. The van der Waals surface area contributed by atoms with E-state index in [4.69, 9.17) is 23.1 Å². The highest BCUT2D eigenvalue weighted by molar-refractivity contribution is 7.80. The molecule has 0 atom stereocenters. The molecule has 1 fully saturated rings. The summed E-state index contributed by atoms with van der Waals surface area (Å²) >= 11 is 5.05. The van der Waals surface area contributed by atoms with Gasteiger partial charge in [0.15, 0.2) is 0 Å². The third-order valence-corrected chi connectivity index (χ3v) is 3.03. The molecule has 0 radical (unpaired) electrons.